The molecule has 59 heavy (non-hydrogen) atoms. The molecule has 3 aromatic heterocycles. The molecule has 2 aliphatic rings. The van der Waals surface area contributed by atoms with Crippen LogP contribution in [0.1, 0.15) is 38.4 Å². The van der Waals surface area contributed by atoms with Gasteiger partial charge in [-0.15, -0.1) is 11.8 Å². The van der Waals surface area contributed by atoms with Crippen molar-refractivity contribution >= 4 is 71.5 Å². The van der Waals surface area contributed by atoms with E-state index in [2.05, 4.69) is 30.5 Å². The van der Waals surface area contributed by atoms with E-state index in [1.807, 2.05) is 53.4 Å². The van der Waals surface area contributed by atoms with E-state index in [0.29, 0.717) is 60.5 Å². The van der Waals surface area contributed by atoms with Crippen LogP contribution >= 0.6 is 23.1 Å². The number of ether oxygens (including phenoxy) is 1. The van der Waals surface area contributed by atoms with Crippen LogP contribution in [-0.2, 0) is 27.5 Å². The van der Waals surface area contributed by atoms with Gasteiger partial charge in [-0.1, -0.05) is 47.7 Å². The average molecular weight is 852 g/mol. The molecule has 5 heterocycles. The van der Waals surface area contributed by atoms with E-state index in [-0.39, 0.29) is 28.2 Å². The van der Waals surface area contributed by atoms with Gasteiger partial charge in [0.05, 0.1) is 34.7 Å². The number of hydrogen-bond donors (Lipinski definition) is 2. The van der Waals surface area contributed by atoms with Crippen molar-refractivity contribution in [1.29, 1.82) is 0 Å². The molecule has 0 saturated carbocycles. The molecule has 304 valence electrons. The van der Waals surface area contributed by atoms with Gasteiger partial charge in [0, 0.05) is 61.2 Å². The number of rotatable bonds is 15. The maximum absolute atomic E-state index is 15.7. The summed E-state index contributed by atoms with van der Waals surface area (Å²) in [7, 11) is -4.22. The molecule has 2 N–H and O–H groups in total. The molecule has 0 radical (unpaired) electrons. The van der Waals surface area contributed by atoms with Crippen LogP contribution in [0.3, 0.4) is 0 Å². The summed E-state index contributed by atoms with van der Waals surface area (Å²) in [4.78, 5) is 45.3. The number of ketones is 1. The van der Waals surface area contributed by atoms with Gasteiger partial charge in [-0.2, -0.15) is 0 Å². The number of benzene rings is 3. The third-order valence-corrected chi connectivity index (χ3v) is 14.1. The van der Waals surface area contributed by atoms with Crippen LogP contribution in [-0.4, -0.2) is 96.9 Å². The SMILES string of the molecule is O=C(CS(=O)(=O)c1ccc(N[C@H](CCN2CCOCC2)CSc2ccccc2)c(F)c1)c1cccc(N2CCc3cccc(C(=O)Nc4nc5cnccc5s4)c3C2)n1. The van der Waals surface area contributed by atoms with Gasteiger partial charge in [-0.25, -0.2) is 22.8 Å². The number of nitrogens with one attached hydrogen (secondary N) is 2. The van der Waals surface area contributed by atoms with Gasteiger partial charge in [0.15, 0.2) is 20.8 Å². The fraction of sp³-hybridized carbons (Fsp3) is 0.279. The Morgan fingerprint density at radius 3 is 2.59 bits per heavy atom. The third-order valence-electron chi connectivity index (χ3n) is 10.3. The zero-order valence-electron chi connectivity index (χ0n) is 32.1. The second kappa shape index (κ2) is 18.3. The number of nitrogens with zero attached hydrogens (tertiary/aromatic N) is 5. The summed E-state index contributed by atoms with van der Waals surface area (Å²) >= 11 is 3.04. The number of thioether (sulfide) groups is 1. The number of halogens is 1. The van der Waals surface area contributed by atoms with Crippen molar-refractivity contribution in [3.8, 4) is 0 Å². The zero-order chi connectivity index (χ0) is 40.8. The van der Waals surface area contributed by atoms with E-state index in [1.54, 1.807) is 42.4 Å². The molecule has 0 aliphatic carbocycles. The van der Waals surface area contributed by atoms with Gasteiger partial charge in [0.1, 0.15) is 28.6 Å². The summed E-state index contributed by atoms with van der Waals surface area (Å²) in [5.74, 6) is -1.43. The summed E-state index contributed by atoms with van der Waals surface area (Å²) in [6.45, 7) is 4.80. The first-order chi connectivity index (χ1) is 28.7. The molecule has 0 spiro atoms. The molecule has 0 bridgehead atoms. The van der Waals surface area contributed by atoms with Crippen molar-refractivity contribution in [3.05, 3.63) is 132 Å². The first-order valence-corrected chi connectivity index (χ1v) is 22.8. The first-order valence-electron chi connectivity index (χ1n) is 19.3. The number of thiazole rings is 1. The molecule has 12 nitrogen and oxygen atoms in total. The lowest BCUT2D eigenvalue weighted by molar-refractivity contribution is 0.0370. The minimum absolute atomic E-state index is 0.0222. The molecule has 3 aromatic carbocycles. The number of fused-ring (bicyclic) bond motifs is 2. The Morgan fingerprint density at radius 2 is 1.78 bits per heavy atom. The Hall–Kier alpha value is -5.26. The lowest BCUT2D eigenvalue weighted by atomic mass is 9.94. The molecule has 1 saturated heterocycles. The fourth-order valence-corrected chi connectivity index (χ4v) is 10.2. The van der Waals surface area contributed by atoms with Gasteiger partial charge >= 0.3 is 0 Å². The maximum Gasteiger partial charge on any atom is 0.257 e. The predicted octanol–water partition coefficient (Wildman–Crippen LogP) is 6.99. The number of anilines is 3. The number of hydrogen-bond acceptors (Lipinski definition) is 13. The zero-order valence-corrected chi connectivity index (χ0v) is 34.5. The second-order valence-corrected chi connectivity index (χ2v) is 18.5. The highest BCUT2D eigenvalue weighted by Gasteiger charge is 2.27. The lowest BCUT2D eigenvalue weighted by Gasteiger charge is -2.31. The smallest absolute Gasteiger partial charge is 0.257 e. The minimum Gasteiger partial charge on any atom is -0.379 e. The molecule has 1 amide bonds. The second-order valence-electron chi connectivity index (χ2n) is 14.3. The number of carbonyl (C=O) groups is 2. The van der Waals surface area contributed by atoms with Gasteiger partial charge in [0.2, 0.25) is 0 Å². The summed E-state index contributed by atoms with van der Waals surface area (Å²) in [6, 6.07) is 26.0. The van der Waals surface area contributed by atoms with E-state index in [9.17, 15) is 18.0 Å². The molecule has 1 fully saturated rings. The van der Waals surface area contributed by atoms with Gasteiger partial charge in [-0.05, 0) is 78.6 Å². The van der Waals surface area contributed by atoms with E-state index in [4.69, 9.17) is 4.74 Å². The molecule has 16 heteroatoms. The number of carbonyl (C=O) groups excluding carboxylic acids is 2. The van der Waals surface area contributed by atoms with Crippen molar-refractivity contribution in [2.75, 3.05) is 66.4 Å². The van der Waals surface area contributed by atoms with E-state index >= 15 is 4.39 Å². The van der Waals surface area contributed by atoms with Crippen LogP contribution in [0.5, 0.6) is 0 Å². The Morgan fingerprint density at radius 1 is 0.949 bits per heavy atom. The predicted molar refractivity (Wildman–Crippen MR) is 230 cm³/mol. The van der Waals surface area contributed by atoms with E-state index in [1.165, 1.54) is 29.5 Å². The number of pyridine rings is 2. The number of Topliss-reactive ketones (excluding diaryl/α,β-unsaturated/α-hetero) is 1. The van der Waals surface area contributed by atoms with Crippen molar-refractivity contribution in [1.82, 2.24) is 19.9 Å². The Kier molecular flexibility index (Phi) is 12.6. The van der Waals surface area contributed by atoms with Crippen LogP contribution < -0.4 is 15.5 Å². The van der Waals surface area contributed by atoms with Crippen molar-refractivity contribution in [2.45, 2.75) is 35.2 Å². The normalized spacial score (nSPS) is 15.1. The highest BCUT2D eigenvalue weighted by molar-refractivity contribution is 7.99. The molecular formula is C43H42FN7O5S3. The van der Waals surface area contributed by atoms with E-state index < -0.39 is 27.2 Å². The average Bonchev–Trinajstić information content (AvgIpc) is 3.67. The largest absolute Gasteiger partial charge is 0.379 e. The van der Waals surface area contributed by atoms with Crippen molar-refractivity contribution in [3.63, 3.8) is 0 Å². The van der Waals surface area contributed by atoms with Crippen molar-refractivity contribution in [2.24, 2.45) is 0 Å². The summed E-state index contributed by atoms with van der Waals surface area (Å²) < 4.78 is 49.1. The molecule has 6 aromatic rings. The van der Waals surface area contributed by atoms with Crippen LogP contribution in [0.25, 0.3) is 10.2 Å². The molecule has 1 atom stereocenters. The quantitative estimate of drug-likeness (QED) is 0.0811. The minimum atomic E-state index is -4.22. The molecule has 2 aliphatic heterocycles. The van der Waals surface area contributed by atoms with Gasteiger partial charge < -0.3 is 15.0 Å². The maximum atomic E-state index is 15.7. The summed E-state index contributed by atoms with van der Waals surface area (Å²) in [5.41, 5.74) is 3.25. The number of morpholine rings is 1. The number of aromatic nitrogens is 3. The molecule has 0 unspecified atom stereocenters. The third kappa shape index (κ3) is 9.96. The Bertz CT molecular complexity index is 2540. The Labute approximate surface area is 350 Å². The van der Waals surface area contributed by atoms with Crippen LogP contribution in [0.4, 0.5) is 21.0 Å². The standard InChI is InChI=1S/C43H42FN7O5S3/c44-35-24-32(12-13-36(35)46-30(16-18-50-20-22-56-23-21-50)27-57-31-7-2-1-3-8-31)59(54,55)28-39(52)37-10-5-11-41(47-37)51-19-15-29-6-4-9-33(34(29)26-51)42(53)49-43-48-38-25-45-17-14-40(38)58-43/h1-14,17,24-25,30,46H,15-16,18-23,26-28H2,(H,48,49,53)/t30-/m1/s1. The van der Waals surface area contributed by atoms with Gasteiger partial charge in [-0.3, -0.25) is 24.8 Å². The fourth-order valence-electron chi connectivity index (χ4n) is 7.17. The monoisotopic (exact) mass is 851 g/mol. The van der Waals surface area contributed by atoms with Crippen molar-refractivity contribution < 1.29 is 27.1 Å². The Balaban J connectivity index is 0.922. The highest BCUT2D eigenvalue weighted by atomic mass is 32.2. The summed E-state index contributed by atoms with van der Waals surface area (Å²) in [6.07, 6.45) is 4.72. The lowest BCUT2D eigenvalue weighted by Crippen LogP contribution is -2.39. The molecular weight excluding hydrogens is 810 g/mol. The van der Waals surface area contributed by atoms with Crippen LogP contribution in [0.2, 0.25) is 0 Å². The number of amides is 1. The number of sulfone groups is 1. The van der Waals surface area contributed by atoms with Crippen LogP contribution in [0.15, 0.2) is 113 Å². The van der Waals surface area contributed by atoms with E-state index in [0.717, 1.165) is 52.8 Å². The van der Waals surface area contributed by atoms with Gasteiger partial charge in [0.25, 0.3) is 5.91 Å². The first kappa shape index (κ1) is 40.5. The molecule has 8 rings (SSSR count). The van der Waals surface area contributed by atoms with Crippen LogP contribution in [0, 0.1) is 5.82 Å². The highest BCUT2D eigenvalue weighted by Crippen LogP contribution is 2.30. The topological polar surface area (TPSA) is 147 Å². The summed E-state index contributed by atoms with van der Waals surface area (Å²) in [5, 5.41) is 6.71.